The number of nitrogens with two attached hydrogens (primary N) is 2. The minimum absolute atomic E-state index is 0.164. The molecule has 94 valence electrons. The number of rotatable bonds is 4. The van der Waals surface area contributed by atoms with Gasteiger partial charge in [-0.1, -0.05) is 23.7 Å². The highest BCUT2D eigenvalue weighted by Crippen LogP contribution is 2.12. The summed E-state index contributed by atoms with van der Waals surface area (Å²) in [4.78, 5) is 7.82. The maximum Gasteiger partial charge on any atom is 0.223 e. The monoisotopic (exact) mass is 263 g/mol. The minimum atomic E-state index is 0.164. The first-order valence-electron chi connectivity index (χ1n) is 5.52. The molecule has 0 atom stereocenters. The summed E-state index contributed by atoms with van der Waals surface area (Å²) in [5, 5.41) is 3.47. The molecule has 2 aromatic rings. The smallest absolute Gasteiger partial charge is 0.223 e. The molecule has 5 N–H and O–H groups in total. The van der Waals surface area contributed by atoms with Crippen molar-refractivity contribution in [3.05, 3.63) is 41.0 Å². The molecule has 0 saturated carbocycles. The SMILES string of the molecule is Nc1ccc(CCNc2cc(Cl)nc(N)n2)cc1. The molecule has 0 bridgehead atoms. The van der Waals surface area contributed by atoms with Crippen molar-refractivity contribution in [2.45, 2.75) is 6.42 Å². The van der Waals surface area contributed by atoms with E-state index in [1.807, 2.05) is 24.3 Å². The summed E-state index contributed by atoms with van der Waals surface area (Å²) in [6.07, 6.45) is 0.863. The van der Waals surface area contributed by atoms with Crippen molar-refractivity contribution in [1.82, 2.24) is 9.97 Å². The lowest BCUT2D eigenvalue weighted by Crippen LogP contribution is -2.08. The summed E-state index contributed by atoms with van der Waals surface area (Å²) in [6.45, 7) is 0.733. The topological polar surface area (TPSA) is 89.8 Å². The highest BCUT2D eigenvalue weighted by Gasteiger charge is 2.00. The number of hydrogen-bond acceptors (Lipinski definition) is 5. The first kappa shape index (κ1) is 12.4. The van der Waals surface area contributed by atoms with Crippen molar-refractivity contribution < 1.29 is 0 Å². The third kappa shape index (κ3) is 3.49. The van der Waals surface area contributed by atoms with Crippen LogP contribution in [0.5, 0.6) is 0 Å². The number of aromatic nitrogens is 2. The molecule has 0 unspecified atom stereocenters. The summed E-state index contributed by atoms with van der Waals surface area (Å²) >= 11 is 5.78. The van der Waals surface area contributed by atoms with Crippen LogP contribution >= 0.6 is 11.6 Å². The van der Waals surface area contributed by atoms with Crippen LogP contribution in [0.3, 0.4) is 0 Å². The molecule has 6 heteroatoms. The number of nitrogens with zero attached hydrogens (tertiary/aromatic N) is 2. The van der Waals surface area contributed by atoms with E-state index in [1.54, 1.807) is 6.07 Å². The molecule has 1 aromatic carbocycles. The Labute approximate surface area is 110 Å². The zero-order valence-corrected chi connectivity index (χ0v) is 10.5. The van der Waals surface area contributed by atoms with E-state index >= 15 is 0 Å². The molecule has 0 saturated heterocycles. The largest absolute Gasteiger partial charge is 0.399 e. The van der Waals surface area contributed by atoms with Gasteiger partial charge in [0, 0.05) is 18.3 Å². The third-order valence-corrected chi connectivity index (χ3v) is 2.61. The Morgan fingerprint density at radius 3 is 2.50 bits per heavy atom. The predicted molar refractivity (Wildman–Crippen MR) is 74.5 cm³/mol. The maximum atomic E-state index is 5.78. The number of hydrogen-bond donors (Lipinski definition) is 3. The Hall–Kier alpha value is -2.01. The van der Waals surface area contributed by atoms with Gasteiger partial charge in [0.15, 0.2) is 0 Å². The molecule has 1 heterocycles. The van der Waals surface area contributed by atoms with Crippen LogP contribution in [0, 0.1) is 0 Å². The van der Waals surface area contributed by atoms with Gasteiger partial charge in [-0.2, -0.15) is 4.98 Å². The lowest BCUT2D eigenvalue weighted by Gasteiger charge is -2.06. The van der Waals surface area contributed by atoms with E-state index in [0.29, 0.717) is 11.0 Å². The van der Waals surface area contributed by atoms with Gasteiger partial charge in [-0.05, 0) is 24.1 Å². The first-order valence-corrected chi connectivity index (χ1v) is 5.89. The molecular weight excluding hydrogens is 250 g/mol. The number of halogens is 1. The van der Waals surface area contributed by atoms with Gasteiger partial charge in [-0.25, -0.2) is 4.98 Å². The van der Waals surface area contributed by atoms with Gasteiger partial charge in [0.05, 0.1) is 0 Å². The summed E-state index contributed by atoms with van der Waals surface area (Å²) in [7, 11) is 0. The Balaban J connectivity index is 1.90. The van der Waals surface area contributed by atoms with Gasteiger partial charge < -0.3 is 16.8 Å². The number of nitrogens with one attached hydrogen (secondary N) is 1. The van der Waals surface area contributed by atoms with E-state index < -0.39 is 0 Å². The van der Waals surface area contributed by atoms with Gasteiger partial charge in [0.25, 0.3) is 0 Å². The van der Waals surface area contributed by atoms with Crippen LogP contribution in [-0.2, 0) is 6.42 Å². The maximum absolute atomic E-state index is 5.78. The van der Waals surface area contributed by atoms with E-state index in [9.17, 15) is 0 Å². The fourth-order valence-corrected chi connectivity index (χ4v) is 1.73. The average molecular weight is 264 g/mol. The van der Waals surface area contributed by atoms with Crippen molar-refractivity contribution in [2.75, 3.05) is 23.3 Å². The van der Waals surface area contributed by atoms with Crippen molar-refractivity contribution in [1.29, 1.82) is 0 Å². The van der Waals surface area contributed by atoms with Crippen LogP contribution < -0.4 is 16.8 Å². The molecule has 0 aliphatic rings. The predicted octanol–water partition coefficient (Wildman–Crippen LogP) is 1.95. The number of benzene rings is 1. The van der Waals surface area contributed by atoms with Crippen LogP contribution in [0.15, 0.2) is 30.3 Å². The average Bonchev–Trinajstić information content (AvgIpc) is 2.30. The molecule has 0 radical (unpaired) electrons. The summed E-state index contributed by atoms with van der Waals surface area (Å²) in [6, 6.07) is 9.40. The quantitative estimate of drug-likeness (QED) is 0.579. The Morgan fingerprint density at radius 2 is 1.83 bits per heavy atom. The second kappa shape index (κ2) is 5.55. The summed E-state index contributed by atoms with van der Waals surface area (Å²) < 4.78 is 0. The molecule has 5 nitrogen and oxygen atoms in total. The van der Waals surface area contributed by atoms with Crippen molar-refractivity contribution in [3.63, 3.8) is 0 Å². The van der Waals surface area contributed by atoms with Gasteiger partial charge in [-0.15, -0.1) is 0 Å². The molecular formula is C12H14ClN5. The standard InChI is InChI=1S/C12H14ClN5/c13-10-7-11(18-12(15)17-10)16-6-5-8-1-3-9(14)4-2-8/h1-4,7H,5-6,14H2,(H3,15,16,17,18). The molecule has 2 rings (SSSR count). The van der Waals surface area contributed by atoms with E-state index in [0.717, 1.165) is 18.7 Å². The van der Waals surface area contributed by atoms with Crippen molar-refractivity contribution in [2.24, 2.45) is 0 Å². The summed E-state index contributed by atoms with van der Waals surface area (Å²) in [5.74, 6) is 0.792. The van der Waals surface area contributed by atoms with Crippen LogP contribution in [0.1, 0.15) is 5.56 Å². The molecule has 0 aliphatic carbocycles. The zero-order chi connectivity index (χ0) is 13.0. The number of anilines is 3. The second-order valence-corrected chi connectivity index (χ2v) is 4.24. The van der Waals surface area contributed by atoms with Gasteiger partial charge in [-0.3, -0.25) is 0 Å². The normalized spacial score (nSPS) is 10.3. The van der Waals surface area contributed by atoms with Crippen molar-refractivity contribution in [3.8, 4) is 0 Å². The van der Waals surface area contributed by atoms with E-state index in [1.165, 1.54) is 5.56 Å². The molecule has 0 amide bonds. The third-order valence-electron chi connectivity index (χ3n) is 2.41. The summed E-state index contributed by atoms with van der Waals surface area (Å²) in [5.41, 5.74) is 13.1. The molecule has 0 spiro atoms. The van der Waals surface area contributed by atoms with Crippen LogP contribution in [0.4, 0.5) is 17.5 Å². The van der Waals surface area contributed by atoms with E-state index in [4.69, 9.17) is 23.1 Å². The Morgan fingerprint density at radius 1 is 1.11 bits per heavy atom. The fraction of sp³-hybridized carbons (Fsp3) is 0.167. The lowest BCUT2D eigenvalue weighted by atomic mass is 10.1. The van der Waals surface area contributed by atoms with Crippen LogP contribution in [0.25, 0.3) is 0 Å². The minimum Gasteiger partial charge on any atom is -0.399 e. The second-order valence-electron chi connectivity index (χ2n) is 3.85. The first-order chi connectivity index (χ1) is 8.63. The van der Waals surface area contributed by atoms with Crippen LogP contribution in [0.2, 0.25) is 5.15 Å². The van der Waals surface area contributed by atoms with Crippen LogP contribution in [-0.4, -0.2) is 16.5 Å². The molecule has 18 heavy (non-hydrogen) atoms. The van der Waals surface area contributed by atoms with Gasteiger partial charge >= 0.3 is 0 Å². The van der Waals surface area contributed by atoms with E-state index in [2.05, 4.69) is 15.3 Å². The number of nitrogen functional groups attached to an aromatic ring is 2. The van der Waals surface area contributed by atoms with E-state index in [-0.39, 0.29) is 5.95 Å². The van der Waals surface area contributed by atoms with Gasteiger partial charge in [0.1, 0.15) is 11.0 Å². The fourth-order valence-electron chi connectivity index (χ4n) is 1.54. The van der Waals surface area contributed by atoms with Crippen molar-refractivity contribution >= 4 is 29.1 Å². The highest BCUT2D eigenvalue weighted by molar-refractivity contribution is 6.29. The Bertz CT molecular complexity index is 506. The molecule has 0 fully saturated rings. The Kier molecular flexibility index (Phi) is 3.84. The molecule has 1 aromatic heterocycles. The van der Waals surface area contributed by atoms with Gasteiger partial charge in [0.2, 0.25) is 5.95 Å². The zero-order valence-electron chi connectivity index (χ0n) is 9.73. The highest BCUT2D eigenvalue weighted by atomic mass is 35.5. The lowest BCUT2D eigenvalue weighted by molar-refractivity contribution is 1.00. The molecule has 0 aliphatic heterocycles.